The zero-order valence-corrected chi connectivity index (χ0v) is 5.41. The third-order valence-corrected chi connectivity index (χ3v) is 0. The predicted octanol–water partition coefficient (Wildman–Crippen LogP) is -0.839. The summed E-state index contributed by atoms with van der Waals surface area (Å²) in [5.41, 5.74) is 0. The van der Waals surface area contributed by atoms with Crippen molar-refractivity contribution in [3.63, 3.8) is 0 Å². The molecule has 0 unspecified atom stereocenters. The van der Waals surface area contributed by atoms with E-state index in [1.54, 1.807) is 0 Å². The highest BCUT2D eigenvalue weighted by Crippen LogP contribution is 1.59. The molecule has 0 aromatic rings. The highest BCUT2D eigenvalue weighted by molar-refractivity contribution is 7.84. The van der Waals surface area contributed by atoms with Crippen molar-refractivity contribution < 1.29 is 30.0 Å². The molecular formula is CH3BrO3S. The van der Waals surface area contributed by atoms with Crippen molar-refractivity contribution in [3.8, 4) is 0 Å². The molecule has 0 saturated heterocycles. The summed E-state index contributed by atoms with van der Waals surface area (Å²) in [6, 6.07) is 0. The lowest BCUT2D eigenvalue weighted by Gasteiger charge is -1.90. The van der Waals surface area contributed by atoms with E-state index in [0.29, 0.717) is 6.26 Å². The van der Waals surface area contributed by atoms with E-state index in [1.165, 1.54) is 0 Å². The predicted molar refractivity (Wildman–Crippen MR) is 15.6 cm³/mol. The quantitative estimate of drug-likeness (QED) is 0.451. The Balaban J connectivity index is 0. The zero-order valence-electron chi connectivity index (χ0n) is 3.01. The summed E-state index contributed by atoms with van der Waals surface area (Å²) in [5.74, 6) is 0. The first-order chi connectivity index (χ1) is 2.00. The van der Waals surface area contributed by atoms with Gasteiger partial charge in [0.05, 0.1) is 10.1 Å². The van der Waals surface area contributed by atoms with Gasteiger partial charge < -0.3 is 4.55 Å². The minimum Gasteiger partial charge on any atom is -0.748 e. The topological polar surface area (TPSA) is 57.2 Å². The van der Waals surface area contributed by atoms with E-state index in [4.69, 9.17) is 13.0 Å². The molecule has 0 aliphatic heterocycles. The smallest absolute Gasteiger partial charge is 0.748 e. The minimum absolute atomic E-state index is 0. The van der Waals surface area contributed by atoms with Gasteiger partial charge >= 0.3 is 17.0 Å². The molecule has 0 aromatic heterocycles. The molecule has 0 bridgehead atoms. The molecule has 0 N–H and O–H groups in total. The second kappa shape index (κ2) is 2.54. The maximum Gasteiger partial charge on any atom is 1.00 e. The van der Waals surface area contributed by atoms with Crippen LogP contribution in [-0.2, 0) is 10.1 Å². The Morgan fingerprint density at radius 3 is 1.50 bits per heavy atom. The Morgan fingerprint density at radius 1 is 1.50 bits per heavy atom. The number of hydrogen-bond donors (Lipinski definition) is 0. The fraction of sp³-hybridized carbons (Fsp3) is 1.00. The van der Waals surface area contributed by atoms with Gasteiger partial charge in [-0.05, 0) is 0 Å². The van der Waals surface area contributed by atoms with E-state index in [1.807, 2.05) is 0 Å². The first-order valence-corrected chi connectivity index (χ1v) is 2.72. The van der Waals surface area contributed by atoms with Crippen LogP contribution in [0.5, 0.6) is 0 Å². The van der Waals surface area contributed by atoms with Crippen LogP contribution in [0.3, 0.4) is 0 Å². The lowest BCUT2D eigenvalue weighted by molar-refractivity contribution is -0.00000557. The standard InChI is InChI=1S/CH4O3S.Br/c1-5(2,3)4;/h1H3,(H,2,3,4);/q;+1/p-1. The van der Waals surface area contributed by atoms with Crippen molar-refractivity contribution in [2.24, 2.45) is 0 Å². The Morgan fingerprint density at radius 2 is 1.50 bits per heavy atom. The van der Waals surface area contributed by atoms with E-state index < -0.39 is 10.1 Å². The lowest BCUT2D eigenvalue weighted by atomic mass is 12.0. The van der Waals surface area contributed by atoms with Gasteiger partial charge in [0, 0.05) is 6.26 Å². The van der Waals surface area contributed by atoms with Crippen LogP contribution in [0.2, 0.25) is 0 Å². The highest BCUT2D eigenvalue weighted by atomic mass is 79.9. The average molecular weight is 175 g/mol. The molecule has 0 spiro atoms. The summed E-state index contributed by atoms with van der Waals surface area (Å²) < 4.78 is 27.2. The van der Waals surface area contributed by atoms with E-state index in [0.717, 1.165) is 0 Å². The van der Waals surface area contributed by atoms with Crippen molar-refractivity contribution in [1.82, 2.24) is 0 Å². The van der Waals surface area contributed by atoms with Crippen molar-refractivity contribution in [3.05, 3.63) is 0 Å². The Kier molecular flexibility index (Phi) is 4.08. The highest BCUT2D eigenvalue weighted by Gasteiger charge is 1.65. The first-order valence-electron chi connectivity index (χ1n) is 0.908. The maximum absolute atomic E-state index is 9.08. The molecule has 0 amide bonds. The minimum atomic E-state index is -3.92. The molecule has 2 radical (unpaired) electrons. The van der Waals surface area contributed by atoms with Gasteiger partial charge in [-0.25, -0.2) is 8.42 Å². The van der Waals surface area contributed by atoms with Crippen LogP contribution in [-0.4, -0.2) is 19.2 Å². The van der Waals surface area contributed by atoms with Crippen LogP contribution in [0.1, 0.15) is 0 Å². The summed E-state index contributed by atoms with van der Waals surface area (Å²) in [5, 5.41) is 0. The molecule has 0 atom stereocenters. The summed E-state index contributed by atoms with van der Waals surface area (Å²) >= 11 is 0. The zero-order chi connectivity index (χ0) is 4.50. The molecule has 6 heavy (non-hydrogen) atoms. The third kappa shape index (κ3) is 332. The molecule has 0 aliphatic carbocycles. The molecule has 0 fully saturated rings. The van der Waals surface area contributed by atoms with E-state index >= 15 is 0 Å². The molecule has 0 aliphatic rings. The molecule has 0 aromatic carbocycles. The van der Waals surface area contributed by atoms with Crippen LogP contribution >= 0.6 is 0 Å². The Hall–Kier alpha value is 0.390. The van der Waals surface area contributed by atoms with Gasteiger partial charge in [0.25, 0.3) is 0 Å². The third-order valence-electron chi connectivity index (χ3n) is 0. The van der Waals surface area contributed by atoms with Gasteiger partial charge in [0.1, 0.15) is 0 Å². The van der Waals surface area contributed by atoms with Crippen molar-refractivity contribution >= 4 is 10.1 Å². The molecule has 38 valence electrons. The monoisotopic (exact) mass is 174 g/mol. The van der Waals surface area contributed by atoms with Crippen LogP contribution in [0.15, 0.2) is 0 Å². The number of halogens is 1. The van der Waals surface area contributed by atoms with Crippen LogP contribution in [0.4, 0.5) is 0 Å². The Labute approximate surface area is 46.9 Å². The fourth-order valence-corrected chi connectivity index (χ4v) is 0. The largest absolute Gasteiger partial charge is 1.00 e. The number of rotatable bonds is 0. The van der Waals surface area contributed by atoms with Gasteiger partial charge in [-0.3, -0.25) is 0 Å². The second-order valence-electron chi connectivity index (χ2n) is 0.704. The van der Waals surface area contributed by atoms with E-state index in [9.17, 15) is 0 Å². The summed E-state index contributed by atoms with van der Waals surface area (Å²) in [6.45, 7) is 0. The van der Waals surface area contributed by atoms with Crippen molar-refractivity contribution in [2.45, 2.75) is 0 Å². The normalized spacial score (nSPS) is 9.67. The van der Waals surface area contributed by atoms with Gasteiger partial charge in [-0.2, -0.15) is 0 Å². The lowest BCUT2D eigenvalue weighted by Crippen LogP contribution is -1.88. The van der Waals surface area contributed by atoms with Crippen LogP contribution < -0.4 is 0 Å². The fourth-order valence-electron chi connectivity index (χ4n) is 0. The molecule has 0 saturated carbocycles. The van der Waals surface area contributed by atoms with Gasteiger partial charge in [-0.1, -0.05) is 0 Å². The molecule has 0 rings (SSSR count). The van der Waals surface area contributed by atoms with E-state index in [-0.39, 0.29) is 17.0 Å². The number of hydrogen-bond acceptors (Lipinski definition) is 3. The average Bonchev–Trinajstić information content (AvgIpc) is 0.722. The first kappa shape index (κ1) is 9.63. The maximum atomic E-state index is 9.08. The SMILES string of the molecule is CS(=O)(=O)[O-].[Br+]. The van der Waals surface area contributed by atoms with Crippen molar-refractivity contribution in [1.29, 1.82) is 0 Å². The molecule has 0 heterocycles. The summed E-state index contributed by atoms with van der Waals surface area (Å²) in [7, 11) is -3.92. The van der Waals surface area contributed by atoms with Gasteiger partial charge in [-0.15, -0.1) is 0 Å². The van der Waals surface area contributed by atoms with Gasteiger partial charge in [0.15, 0.2) is 0 Å². The molecule has 5 heteroatoms. The summed E-state index contributed by atoms with van der Waals surface area (Å²) in [6.07, 6.45) is 0.604. The van der Waals surface area contributed by atoms with E-state index in [2.05, 4.69) is 0 Å². The molecular weight excluding hydrogens is 172 g/mol. The van der Waals surface area contributed by atoms with Crippen LogP contribution in [0, 0.1) is 17.0 Å². The Bertz CT molecular complexity index is 94.0. The second-order valence-corrected chi connectivity index (χ2v) is 2.11. The van der Waals surface area contributed by atoms with Crippen LogP contribution in [0.25, 0.3) is 0 Å². The molecule has 3 nitrogen and oxygen atoms in total. The summed E-state index contributed by atoms with van der Waals surface area (Å²) in [4.78, 5) is 0. The van der Waals surface area contributed by atoms with Gasteiger partial charge in [0.2, 0.25) is 0 Å². The van der Waals surface area contributed by atoms with Crippen molar-refractivity contribution in [2.75, 3.05) is 6.26 Å².